The average molecular weight is 437 g/mol. The minimum absolute atomic E-state index is 0.411. The van der Waals surface area contributed by atoms with E-state index in [2.05, 4.69) is 38.1 Å². The highest BCUT2D eigenvalue weighted by Crippen LogP contribution is 2.41. The zero-order chi connectivity index (χ0) is 22.0. The lowest BCUT2D eigenvalue weighted by atomic mass is 9.95. The summed E-state index contributed by atoms with van der Waals surface area (Å²) in [5, 5.41) is 40.4. The molecule has 1 saturated heterocycles. The third-order valence-corrected chi connectivity index (χ3v) is 5.96. The number of halogens is 1. The minimum atomic E-state index is -1.34. The standard InChI is InChI=1S/C23H29ClO6/c1-12(2)14-6-4-13(5-7-14)8-15-9-16(19(29-3)10-17(15)24)22-20(27)21(28)23(30-22)18(26)11-25/h4-7,9-10,12,18,20-23,25-28H,8,11H2,1-3H3/t18-,20-,21-,22+,23-/m1/s1. The summed E-state index contributed by atoms with van der Waals surface area (Å²) in [6.07, 6.45) is -5.41. The van der Waals surface area contributed by atoms with Crippen molar-refractivity contribution >= 4 is 11.6 Å². The van der Waals surface area contributed by atoms with Crippen LogP contribution in [0.25, 0.3) is 0 Å². The van der Waals surface area contributed by atoms with Crippen molar-refractivity contribution in [2.75, 3.05) is 13.7 Å². The van der Waals surface area contributed by atoms with E-state index in [9.17, 15) is 20.4 Å². The second-order valence-corrected chi connectivity index (χ2v) is 8.42. The van der Waals surface area contributed by atoms with Crippen LogP contribution in [0.3, 0.4) is 0 Å². The quantitative estimate of drug-likeness (QED) is 0.532. The zero-order valence-electron chi connectivity index (χ0n) is 17.3. The molecule has 0 radical (unpaired) electrons. The topological polar surface area (TPSA) is 99.4 Å². The van der Waals surface area contributed by atoms with Gasteiger partial charge in [-0.1, -0.05) is 49.7 Å². The van der Waals surface area contributed by atoms with Gasteiger partial charge in [0, 0.05) is 10.6 Å². The number of ether oxygens (including phenoxy) is 2. The van der Waals surface area contributed by atoms with E-state index in [1.807, 2.05) is 0 Å². The van der Waals surface area contributed by atoms with E-state index in [0.717, 1.165) is 11.1 Å². The fourth-order valence-corrected chi connectivity index (χ4v) is 4.00. The van der Waals surface area contributed by atoms with Crippen LogP contribution in [-0.4, -0.2) is 58.6 Å². The van der Waals surface area contributed by atoms with Gasteiger partial charge in [0.25, 0.3) is 0 Å². The molecular weight excluding hydrogens is 408 g/mol. The van der Waals surface area contributed by atoms with E-state index in [4.69, 9.17) is 21.1 Å². The van der Waals surface area contributed by atoms with Crippen LogP contribution in [0.4, 0.5) is 0 Å². The van der Waals surface area contributed by atoms with Gasteiger partial charge < -0.3 is 29.9 Å². The maximum Gasteiger partial charge on any atom is 0.126 e. The average Bonchev–Trinajstić information content (AvgIpc) is 3.03. The Hall–Kier alpha value is -1.67. The first kappa shape index (κ1) is 23.0. The number of benzene rings is 2. The highest BCUT2D eigenvalue weighted by Gasteiger charge is 2.47. The van der Waals surface area contributed by atoms with E-state index in [1.54, 1.807) is 12.1 Å². The van der Waals surface area contributed by atoms with Crippen LogP contribution in [0.1, 0.15) is 48.1 Å². The lowest BCUT2D eigenvalue weighted by Crippen LogP contribution is -2.40. The molecule has 7 heteroatoms. The van der Waals surface area contributed by atoms with Crippen molar-refractivity contribution in [1.29, 1.82) is 0 Å². The maximum atomic E-state index is 10.5. The van der Waals surface area contributed by atoms with Gasteiger partial charge in [-0.3, -0.25) is 0 Å². The highest BCUT2D eigenvalue weighted by molar-refractivity contribution is 6.31. The van der Waals surface area contributed by atoms with Crippen molar-refractivity contribution in [3.8, 4) is 5.75 Å². The molecule has 6 nitrogen and oxygen atoms in total. The van der Waals surface area contributed by atoms with Gasteiger partial charge in [-0.05, 0) is 41.2 Å². The molecule has 0 saturated carbocycles. The summed E-state index contributed by atoms with van der Waals surface area (Å²) in [5.41, 5.74) is 3.68. The molecule has 0 aliphatic carbocycles. The Kier molecular flexibility index (Phi) is 7.39. The molecule has 1 fully saturated rings. The van der Waals surface area contributed by atoms with Crippen molar-refractivity contribution < 1.29 is 29.9 Å². The summed E-state index contributed by atoms with van der Waals surface area (Å²) in [6.45, 7) is 3.70. The van der Waals surface area contributed by atoms with Crippen molar-refractivity contribution in [1.82, 2.24) is 0 Å². The van der Waals surface area contributed by atoms with Gasteiger partial charge in [0.15, 0.2) is 0 Å². The second-order valence-electron chi connectivity index (χ2n) is 8.01. The molecule has 0 aromatic heterocycles. The summed E-state index contributed by atoms with van der Waals surface area (Å²) in [7, 11) is 1.48. The van der Waals surface area contributed by atoms with Crippen molar-refractivity contribution in [2.24, 2.45) is 0 Å². The number of hydrogen-bond donors (Lipinski definition) is 4. The van der Waals surface area contributed by atoms with Crippen molar-refractivity contribution in [3.63, 3.8) is 0 Å². The van der Waals surface area contributed by atoms with Gasteiger partial charge in [0.05, 0.1) is 13.7 Å². The summed E-state index contributed by atoms with van der Waals surface area (Å²) < 4.78 is 11.1. The lowest BCUT2D eigenvalue weighted by molar-refractivity contribution is -0.0823. The van der Waals surface area contributed by atoms with Gasteiger partial charge in [-0.15, -0.1) is 0 Å². The molecule has 30 heavy (non-hydrogen) atoms. The first-order chi connectivity index (χ1) is 14.3. The molecule has 1 aliphatic rings. The Morgan fingerprint density at radius 1 is 1.10 bits per heavy atom. The lowest BCUT2D eigenvalue weighted by Gasteiger charge is -2.21. The molecule has 0 amide bonds. The first-order valence-corrected chi connectivity index (χ1v) is 10.4. The first-order valence-electron chi connectivity index (χ1n) is 10.0. The third-order valence-electron chi connectivity index (χ3n) is 5.61. The van der Waals surface area contributed by atoms with Crippen LogP contribution in [0.15, 0.2) is 36.4 Å². The Balaban J connectivity index is 1.92. The maximum absolute atomic E-state index is 10.5. The molecule has 4 N–H and O–H groups in total. The Morgan fingerprint density at radius 3 is 2.33 bits per heavy atom. The van der Waals surface area contributed by atoms with E-state index in [0.29, 0.717) is 28.7 Å². The number of methoxy groups -OCH3 is 1. The fraction of sp³-hybridized carbons (Fsp3) is 0.478. The van der Waals surface area contributed by atoms with Gasteiger partial charge in [0.1, 0.15) is 36.3 Å². The van der Waals surface area contributed by atoms with Crippen LogP contribution in [-0.2, 0) is 11.2 Å². The molecule has 2 aromatic rings. The molecular formula is C23H29ClO6. The number of aliphatic hydroxyl groups excluding tert-OH is 4. The van der Waals surface area contributed by atoms with Crippen molar-refractivity contribution in [3.05, 3.63) is 63.7 Å². The SMILES string of the molecule is COc1cc(Cl)c(Cc2ccc(C(C)C)cc2)cc1[C@@H]1O[C@H]([C@H](O)CO)[C@H](O)[C@H]1O. The summed E-state index contributed by atoms with van der Waals surface area (Å²) in [5.74, 6) is 0.860. The molecule has 1 aliphatic heterocycles. The molecule has 0 unspecified atom stereocenters. The van der Waals surface area contributed by atoms with Crippen molar-refractivity contribution in [2.45, 2.75) is 56.7 Å². The smallest absolute Gasteiger partial charge is 0.126 e. The zero-order valence-corrected chi connectivity index (χ0v) is 18.1. The van der Waals surface area contributed by atoms with E-state index >= 15 is 0 Å². The van der Waals surface area contributed by atoms with E-state index in [-0.39, 0.29) is 0 Å². The Bertz CT molecular complexity index is 854. The van der Waals surface area contributed by atoms with Gasteiger partial charge >= 0.3 is 0 Å². The van der Waals surface area contributed by atoms with Crippen LogP contribution in [0, 0.1) is 0 Å². The summed E-state index contributed by atoms with van der Waals surface area (Å²) >= 11 is 6.48. The fourth-order valence-electron chi connectivity index (χ4n) is 3.78. The highest BCUT2D eigenvalue weighted by atomic mass is 35.5. The molecule has 5 atom stereocenters. The molecule has 2 aromatic carbocycles. The minimum Gasteiger partial charge on any atom is -0.496 e. The van der Waals surface area contributed by atoms with Gasteiger partial charge in [0.2, 0.25) is 0 Å². The number of rotatable bonds is 7. The second kappa shape index (κ2) is 9.64. The van der Waals surface area contributed by atoms with Crippen LogP contribution in [0.2, 0.25) is 5.02 Å². The van der Waals surface area contributed by atoms with E-state index in [1.165, 1.54) is 12.7 Å². The normalized spacial score (nSPS) is 25.0. The van der Waals surface area contributed by atoms with Gasteiger partial charge in [-0.2, -0.15) is 0 Å². The number of aliphatic hydroxyl groups is 4. The van der Waals surface area contributed by atoms with Crippen LogP contribution >= 0.6 is 11.6 Å². The molecule has 0 bridgehead atoms. The predicted octanol–water partition coefficient (Wildman–Crippen LogP) is 2.58. The van der Waals surface area contributed by atoms with E-state index < -0.39 is 37.1 Å². The Morgan fingerprint density at radius 2 is 1.77 bits per heavy atom. The predicted molar refractivity (Wildman–Crippen MR) is 114 cm³/mol. The van der Waals surface area contributed by atoms with Gasteiger partial charge in [-0.25, -0.2) is 0 Å². The monoisotopic (exact) mass is 436 g/mol. The molecule has 1 heterocycles. The summed E-state index contributed by atoms with van der Waals surface area (Å²) in [4.78, 5) is 0. The number of hydrogen-bond acceptors (Lipinski definition) is 6. The largest absolute Gasteiger partial charge is 0.496 e. The molecule has 3 rings (SSSR count). The van der Waals surface area contributed by atoms with Crippen LogP contribution in [0.5, 0.6) is 5.75 Å². The Labute approximate surface area is 181 Å². The molecule has 0 spiro atoms. The third kappa shape index (κ3) is 4.64. The molecule has 164 valence electrons. The summed E-state index contributed by atoms with van der Waals surface area (Å²) in [6, 6.07) is 11.8. The van der Waals surface area contributed by atoms with Crippen LogP contribution < -0.4 is 4.74 Å².